The third-order valence-corrected chi connectivity index (χ3v) is 2.32. The van der Waals surface area contributed by atoms with Gasteiger partial charge in [0.15, 0.2) is 0 Å². The van der Waals surface area contributed by atoms with E-state index in [1.54, 1.807) is 12.4 Å². The van der Waals surface area contributed by atoms with E-state index in [0.717, 1.165) is 17.7 Å². The highest BCUT2D eigenvalue weighted by Gasteiger charge is 1.96. The number of imidazole rings is 1. The predicted molar refractivity (Wildman–Crippen MR) is 66.1 cm³/mol. The molecule has 0 saturated carbocycles. The molecule has 4 nitrogen and oxygen atoms in total. The first-order valence-electron chi connectivity index (χ1n) is 5.22. The molecule has 0 aliphatic rings. The lowest BCUT2D eigenvalue weighted by molar-refractivity contribution is 1.06. The van der Waals surface area contributed by atoms with Crippen LogP contribution in [-0.2, 0) is 6.42 Å². The Morgan fingerprint density at radius 1 is 1.44 bits per heavy atom. The highest BCUT2D eigenvalue weighted by molar-refractivity contribution is 5.87. The van der Waals surface area contributed by atoms with Crippen LogP contribution >= 0.6 is 0 Å². The first-order chi connectivity index (χ1) is 7.79. The topological polar surface area (TPSA) is 67.1 Å². The van der Waals surface area contributed by atoms with Crippen LogP contribution in [0.3, 0.4) is 0 Å². The van der Waals surface area contributed by atoms with Crippen molar-refractivity contribution in [3.05, 3.63) is 41.7 Å². The maximum absolute atomic E-state index is 5.79. The average Bonchev–Trinajstić information content (AvgIpc) is 2.76. The van der Waals surface area contributed by atoms with E-state index in [1.807, 2.05) is 24.3 Å². The minimum absolute atomic E-state index is 0.611. The third-order valence-electron chi connectivity index (χ3n) is 2.32. The van der Waals surface area contributed by atoms with Gasteiger partial charge in [-0.1, -0.05) is 25.1 Å². The lowest BCUT2D eigenvalue weighted by Crippen LogP contribution is -1.91. The van der Waals surface area contributed by atoms with Crippen molar-refractivity contribution in [2.75, 3.05) is 5.73 Å². The van der Waals surface area contributed by atoms with Gasteiger partial charge >= 0.3 is 0 Å². The molecule has 4 heteroatoms. The Kier molecular flexibility index (Phi) is 3.00. The summed E-state index contributed by atoms with van der Waals surface area (Å²) < 4.78 is 0. The number of aryl methyl sites for hydroxylation is 1. The molecule has 3 N–H and O–H groups in total. The minimum Gasteiger partial charge on any atom is -0.398 e. The highest BCUT2D eigenvalue weighted by atomic mass is 15.1. The summed E-state index contributed by atoms with van der Waals surface area (Å²) in [6.45, 7) is 2.07. The summed E-state index contributed by atoms with van der Waals surface area (Å²) in [7, 11) is 0. The molecule has 0 radical (unpaired) electrons. The number of H-pyrrole nitrogens is 1. The molecule has 0 spiro atoms. The zero-order valence-electron chi connectivity index (χ0n) is 9.14. The predicted octanol–water partition coefficient (Wildman–Crippen LogP) is 2.30. The van der Waals surface area contributed by atoms with Gasteiger partial charge in [-0.2, -0.15) is 0 Å². The standard InChI is InChI=1S/C12H14N4/c1-2-10-8-15-12(16-10)14-7-9-5-3-4-6-11(9)13/h3-8H,2,13H2,1H3,(H,15,16). The third kappa shape index (κ3) is 2.28. The normalized spacial score (nSPS) is 11.1. The van der Waals surface area contributed by atoms with Crippen LogP contribution in [0.4, 0.5) is 11.6 Å². The van der Waals surface area contributed by atoms with Crippen molar-refractivity contribution in [1.29, 1.82) is 0 Å². The SMILES string of the molecule is CCc1cnc(N=Cc2ccccc2N)[nH]1. The number of anilines is 1. The molecule has 1 aromatic carbocycles. The van der Waals surface area contributed by atoms with E-state index in [1.165, 1.54) is 0 Å². The molecule has 16 heavy (non-hydrogen) atoms. The second kappa shape index (κ2) is 4.61. The second-order valence-electron chi connectivity index (χ2n) is 3.47. The van der Waals surface area contributed by atoms with E-state index in [-0.39, 0.29) is 0 Å². The fraction of sp³-hybridized carbons (Fsp3) is 0.167. The number of nitrogens with zero attached hydrogens (tertiary/aromatic N) is 2. The van der Waals surface area contributed by atoms with Crippen LogP contribution in [0.2, 0.25) is 0 Å². The molecule has 0 saturated heterocycles. The first-order valence-corrected chi connectivity index (χ1v) is 5.22. The van der Waals surface area contributed by atoms with Gasteiger partial charge in [0.05, 0.1) is 6.20 Å². The molecular formula is C12H14N4. The number of nitrogens with two attached hydrogens (primary N) is 1. The summed E-state index contributed by atoms with van der Waals surface area (Å²) in [5.41, 5.74) is 8.49. The van der Waals surface area contributed by atoms with Gasteiger partial charge in [-0.05, 0) is 12.5 Å². The van der Waals surface area contributed by atoms with Crippen LogP contribution in [0.15, 0.2) is 35.5 Å². The Bertz CT molecular complexity index is 499. The zero-order valence-corrected chi connectivity index (χ0v) is 9.14. The lowest BCUT2D eigenvalue weighted by Gasteiger charge is -1.96. The quantitative estimate of drug-likeness (QED) is 0.608. The number of hydrogen-bond acceptors (Lipinski definition) is 3. The van der Waals surface area contributed by atoms with Gasteiger partial charge in [0.1, 0.15) is 0 Å². The molecule has 1 heterocycles. The van der Waals surface area contributed by atoms with Crippen molar-refractivity contribution >= 4 is 17.9 Å². The molecule has 0 atom stereocenters. The van der Waals surface area contributed by atoms with Gasteiger partial charge in [0.2, 0.25) is 5.95 Å². The number of nitrogen functional groups attached to an aromatic ring is 1. The molecule has 0 unspecified atom stereocenters. The maximum atomic E-state index is 5.79. The number of aromatic amines is 1. The Morgan fingerprint density at radius 3 is 2.94 bits per heavy atom. The summed E-state index contributed by atoms with van der Waals surface area (Å²) in [6, 6.07) is 7.59. The molecule has 0 aliphatic heterocycles. The summed E-state index contributed by atoms with van der Waals surface area (Å²) in [5.74, 6) is 0.611. The molecule has 2 aromatic rings. The number of para-hydroxylation sites is 1. The van der Waals surface area contributed by atoms with Crippen molar-refractivity contribution in [2.45, 2.75) is 13.3 Å². The summed E-state index contributed by atoms with van der Waals surface area (Å²) in [6.07, 6.45) is 4.44. The molecule has 0 aliphatic carbocycles. The van der Waals surface area contributed by atoms with Crippen LogP contribution in [0.25, 0.3) is 0 Å². The van der Waals surface area contributed by atoms with Gasteiger partial charge in [0.25, 0.3) is 0 Å². The van der Waals surface area contributed by atoms with E-state index in [4.69, 9.17) is 5.73 Å². The van der Waals surface area contributed by atoms with E-state index in [0.29, 0.717) is 11.6 Å². The van der Waals surface area contributed by atoms with Crippen molar-refractivity contribution in [3.8, 4) is 0 Å². The maximum Gasteiger partial charge on any atom is 0.226 e. The van der Waals surface area contributed by atoms with Crippen molar-refractivity contribution in [2.24, 2.45) is 4.99 Å². The molecule has 82 valence electrons. The van der Waals surface area contributed by atoms with Gasteiger partial charge in [-0.25, -0.2) is 9.98 Å². The Labute approximate surface area is 94.2 Å². The zero-order chi connectivity index (χ0) is 11.4. The molecule has 0 amide bonds. The number of rotatable bonds is 3. The number of aromatic nitrogens is 2. The fourth-order valence-electron chi connectivity index (χ4n) is 1.35. The van der Waals surface area contributed by atoms with Crippen LogP contribution in [0, 0.1) is 0 Å². The number of hydrogen-bond donors (Lipinski definition) is 2. The smallest absolute Gasteiger partial charge is 0.226 e. The monoisotopic (exact) mass is 214 g/mol. The fourth-order valence-corrected chi connectivity index (χ4v) is 1.35. The molecule has 0 fully saturated rings. The molecule has 2 rings (SSSR count). The molecular weight excluding hydrogens is 200 g/mol. The van der Waals surface area contributed by atoms with Crippen molar-refractivity contribution in [1.82, 2.24) is 9.97 Å². The Hall–Kier alpha value is -2.10. The largest absolute Gasteiger partial charge is 0.398 e. The highest BCUT2D eigenvalue weighted by Crippen LogP contribution is 2.10. The Morgan fingerprint density at radius 2 is 2.25 bits per heavy atom. The van der Waals surface area contributed by atoms with Crippen LogP contribution in [0.1, 0.15) is 18.2 Å². The van der Waals surface area contributed by atoms with Gasteiger partial charge < -0.3 is 10.7 Å². The average molecular weight is 214 g/mol. The van der Waals surface area contributed by atoms with Crippen LogP contribution in [-0.4, -0.2) is 16.2 Å². The molecule has 0 bridgehead atoms. The van der Waals surface area contributed by atoms with Crippen molar-refractivity contribution in [3.63, 3.8) is 0 Å². The minimum atomic E-state index is 0.611. The van der Waals surface area contributed by atoms with E-state index < -0.39 is 0 Å². The number of nitrogens with one attached hydrogen (secondary N) is 1. The van der Waals surface area contributed by atoms with Gasteiger partial charge in [-0.15, -0.1) is 0 Å². The number of benzene rings is 1. The van der Waals surface area contributed by atoms with E-state index >= 15 is 0 Å². The summed E-state index contributed by atoms with van der Waals surface area (Å²) >= 11 is 0. The van der Waals surface area contributed by atoms with Crippen LogP contribution in [0.5, 0.6) is 0 Å². The summed E-state index contributed by atoms with van der Waals surface area (Å²) in [4.78, 5) is 11.5. The number of aliphatic imine (C=N–C) groups is 1. The lowest BCUT2D eigenvalue weighted by atomic mass is 10.2. The van der Waals surface area contributed by atoms with Crippen molar-refractivity contribution < 1.29 is 0 Å². The molecule has 1 aromatic heterocycles. The first kappa shape index (κ1) is 10.4. The van der Waals surface area contributed by atoms with E-state index in [2.05, 4.69) is 21.9 Å². The Balaban J connectivity index is 2.18. The second-order valence-corrected chi connectivity index (χ2v) is 3.47. The summed E-state index contributed by atoms with van der Waals surface area (Å²) in [5, 5.41) is 0. The van der Waals surface area contributed by atoms with Gasteiger partial charge in [0, 0.05) is 23.2 Å². The van der Waals surface area contributed by atoms with E-state index in [9.17, 15) is 0 Å². The van der Waals surface area contributed by atoms with Crippen LogP contribution < -0.4 is 5.73 Å². The van der Waals surface area contributed by atoms with Gasteiger partial charge in [-0.3, -0.25) is 0 Å².